The van der Waals surface area contributed by atoms with Gasteiger partial charge in [0.2, 0.25) is 0 Å². The first-order valence-corrected chi connectivity index (χ1v) is 8.10. The topological polar surface area (TPSA) is 49.8 Å². The van der Waals surface area contributed by atoms with Crippen LogP contribution >= 0.6 is 35.0 Å². The molecule has 2 N–H and O–H groups in total. The minimum Gasteiger partial charge on any atom is -0.370 e. The zero-order valence-electron chi connectivity index (χ0n) is 11.4. The van der Waals surface area contributed by atoms with E-state index in [2.05, 4.69) is 20.6 Å². The summed E-state index contributed by atoms with van der Waals surface area (Å²) in [5.41, 5.74) is 0.555. The molecule has 21 heavy (non-hydrogen) atoms. The second-order valence-corrected chi connectivity index (χ2v) is 5.62. The van der Waals surface area contributed by atoms with Crippen LogP contribution in [-0.2, 0) is 0 Å². The molecule has 1 heterocycles. The van der Waals surface area contributed by atoms with E-state index < -0.39 is 5.82 Å². The summed E-state index contributed by atoms with van der Waals surface area (Å²) in [6.07, 6.45) is 1.89. The summed E-state index contributed by atoms with van der Waals surface area (Å²) in [5.74, 6) is 0.646. The van der Waals surface area contributed by atoms with E-state index in [0.717, 1.165) is 6.54 Å². The van der Waals surface area contributed by atoms with Crippen molar-refractivity contribution >= 4 is 52.3 Å². The fourth-order valence-electron chi connectivity index (χ4n) is 1.63. The van der Waals surface area contributed by atoms with Crippen molar-refractivity contribution in [2.45, 2.75) is 12.1 Å². The largest absolute Gasteiger partial charge is 0.370 e. The molecule has 0 bridgehead atoms. The van der Waals surface area contributed by atoms with E-state index in [1.807, 2.05) is 13.2 Å². The van der Waals surface area contributed by atoms with Crippen LogP contribution in [-0.4, -0.2) is 22.8 Å². The highest BCUT2D eigenvalue weighted by atomic mass is 35.5. The Kier molecular flexibility index (Phi) is 5.50. The van der Waals surface area contributed by atoms with Gasteiger partial charge in [-0.1, -0.05) is 35.0 Å². The molecule has 0 aliphatic carbocycles. The molecular weight excluding hydrogens is 334 g/mol. The fourth-order valence-corrected chi connectivity index (χ4v) is 2.49. The van der Waals surface area contributed by atoms with Gasteiger partial charge in [0, 0.05) is 18.3 Å². The average Bonchev–Trinajstić information content (AvgIpc) is 2.44. The van der Waals surface area contributed by atoms with E-state index in [-0.39, 0.29) is 10.0 Å². The lowest BCUT2D eigenvalue weighted by atomic mass is 10.3. The molecule has 0 aliphatic heterocycles. The number of hydrogen-bond donors (Lipinski definition) is 2. The van der Waals surface area contributed by atoms with Crippen LogP contribution in [0, 0.1) is 5.82 Å². The Morgan fingerprint density at radius 3 is 2.33 bits per heavy atom. The van der Waals surface area contributed by atoms with Crippen molar-refractivity contribution in [1.82, 2.24) is 9.97 Å². The molecule has 8 heteroatoms. The monoisotopic (exact) mass is 346 g/mol. The normalized spacial score (nSPS) is 10.5. The third-order valence-electron chi connectivity index (χ3n) is 2.50. The van der Waals surface area contributed by atoms with Gasteiger partial charge in [-0.3, -0.25) is 0 Å². The number of anilines is 3. The number of benzene rings is 1. The van der Waals surface area contributed by atoms with Crippen molar-refractivity contribution in [1.29, 1.82) is 0 Å². The molecule has 0 aliphatic rings. The average molecular weight is 347 g/mol. The zero-order chi connectivity index (χ0) is 15.4. The van der Waals surface area contributed by atoms with E-state index in [1.54, 1.807) is 6.07 Å². The lowest BCUT2D eigenvalue weighted by Crippen LogP contribution is -2.03. The Morgan fingerprint density at radius 2 is 1.76 bits per heavy atom. The Bertz CT molecular complexity index is 631. The third kappa shape index (κ3) is 4.12. The summed E-state index contributed by atoms with van der Waals surface area (Å²) in [5, 5.41) is 6.70. The van der Waals surface area contributed by atoms with Gasteiger partial charge in [0.15, 0.2) is 11.0 Å². The third-order valence-corrected chi connectivity index (χ3v) is 3.60. The van der Waals surface area contributed by atoms with Gasteiger partial charge in [-0.05, 0) is 25.3 Å². The molecular formula is C13H13Cl2FN4S. The second-order valence-electron chi connectivity index (χ2n) is 4.03. The first-order valence-electron chi connectivity index (χ1n) is 6.12. The number of nitrogens with one attached hydrogen (secondary N) is 2. The second kappa shape index (κ2) is 7.15. The molecule has 0 amide bonds. The fraction of sp³-hybridized carbons (Fsp3) is 0.231. The Labute approximate surface area is 136 Å². The molecule has 0 atom stereocenters. The number of aromatic nitrogens is 2. The number of hydrogen-bond acceptors (Lipinski definition) is 5. The van der Waals surface area contributed by atoms with Crippen LogP contribution < -0.4 is 10.6 Å². The van der Waals surface area contributed by atoms with Gasteiger partial charge < -0.3 is 10.6 Å². The van der Waals surface area contributed by atoms with E-state index in [1.165, 1.54) is 23.9 Å². The summed E-state index contributed by atoms with van der Waals surface area (Å²) in [7, 11) is 0. The van der Waals surface area contributed by atoms with Crippen molar-refractivity contribution in [3.8, 4) is 0 Å². The van der Waals surface area contributed by atoms with Crippen LogP contribution in [0.4, 0.5) is 21.7 Å². The highest BCUT2D eigenvalue weighted by Crippen LogP contribution is 2.29. The summed E-state index contributed by atoms with van der Waals surface area (Å²) in [4.78, 5) is 8.65. The van der Waals surface area contributed by atoms with Crippen LogP contribution in [0.25, 0.3) is 0 Å². The van der Waals surface area contributed by atoms with Crippen LogP contribution in [0.3, 0.4) is 0 Å². The van der Waals surface area contributed by atoms with E-state index in [4.69, 9.17) is 23.2 Å². The Balaban J connectivity index is 2.32. The van der Waals surface area contributed by atoms with Gasteiger partial charge in [-0.25, -0.2) is 14.4 Å². The van der Waals surface area contributed by atoms with Gasteiger partial charge in [-0.2, -0.15) is 0 Å². The smallest absolute Gasteiger partial charge is 0.191 e. The number of halogens is 3. The van der Waals surface area contributed by atoms with Crippen LogP contribution in [0.2, 0.25) is 10.0 Å². The molecule has 0 spiro atoms. The number of thioether (sulfide) groups is 1. The minimum atomic E-state index is -0.635. The maximum atomic E-state index is 13.4. The van der Waals surface area contributed by atoms with Gasteiger partial charge >= 0.3 is 0 Å². The Morgan fingerprint density at radius 1 is 1.14 bits per heavy atom. The van der Waals surface area contributed by atoms with Gasteiger partial charge in [0.25, 0.3) is 0 Å². The van der Waals surface area contributed by atoms with E-state index >= 15 is 0 Å². The van der Waals surface area contributed by atoms with Crippen LogP contribution in [0.15, 0.2) is 23.4 Å². The molecule has 112 valence electrons. The highest BCUT2D eigenvalue weighted by Gasteiger charge is 2.09. The molecule has 2 aromatic rings. The zero-order valence-corrected chi connectivity index (χ0v) is 13.7. The number of nitrogens with zero attached hydrogens (tertiary/aromatic N) is 2. The number of rotatable bonds is 5. The summed E-state index contributed by atoms with van der Waals surface area (Å²) < 4.78 is 13.4. The van der Waals surface area contributed by atoms with Crippen molar-refractivity contribution in [3.63, 3.8) is 0 Å². The quantitative estimate of drug-likeness (QED) is 0.461. The maximum Gasteiger partial charge on any atom is 0.191 e. The molecule has 0 fully saturated rings. The summed E-state index contributed by atoms with van der Waals surface area (Å²) >= 11 is 13.0. The van der Waals surface area contributed by atoms with Crippen molar-refractivity contribution in [2.24, 2.45) is 0 Å². The first kappa shape index (κ1) is 16.1. The lowest BCUT2D eigenvalue weighted by molar-refractivity contribution is 0.629. The predicted octanol–water partition coefficient (Wildman–Crippen LogP) is 4.82. The van der Waals surface area contributed by atoms with Crippen LogP contribution in [0.1, 0.15) is 6.92 Å². The van der Waals surface area contributed by atoms with Gasteiger partial charge in [0.05, 0.1) is 10.0 Å². The molecule has 4 nitrogen and oxygen atoms in total. The predicted molar refractivity (Wildman–Crippen MR) is 87.7 cm³/mol. The maximum absolute atomic E-state index is 13.4. The molecule has 0 saturated heterocycles. The van der Waals surface area contributed by atoms with Gasteiger partial charge in [-0.15, -0.1) is 0 Å². The molecule has 1 aromatic carbocycles. The van der Waals surface area contributed by atoms with Crippen molar-refractivity contribution in [2.75, 3.05) is 23.4 Å². The molecule has 2 rings (SSSR count). The highest BCUT2D eigenvalue weighted by molar-refractivity contribution is 7.98. The summed E-state index contributed by atoms with van der Waals surface area (Å²) in [6, 6.07) is 4.67. The standard InChI is InChI=1S/C13H13Cl2FN4S/c1-3-17-10-6-11(20-13(19-10)21-2)18-7-4-8(14)12(16)9(15)5-7/h4-6H,3H2,1-2H3,(H2,17,18,19,20). The van der Waals surface area contributed by atoms with Crippen LogP contribution in [0.5, 0.6) is 0 Å². The molecule has 1 aromatic heterocycles. The Hall–Kier alpha value is -1.24. The van der Waals surface area contributed by atoms with Crippen molar-refractivity contribution < 1.29 is 4.39 Å². The SMILES string of the molecule is CCNc1cc(Nc2cc(Cl)c(F)c(Cl)c2)nc(SC)n1. The molecule has 0 unspecified atom stereocenters. The lowest BCUT2D eigenvalue weighted by Gasteiger charge is -2.10. The van der Waals surface area contributed by atoms with E-state index in [0.29, 0.717) is 22.5 Å². The molecule has 0 saturated carbocycles. The van der Waals surface area contributed by atoms with E-state index in [9.17, 15) is 4.39 Å². The minimum absolute atomic E-state index is 0.0453. The summed E-state index contributed by atoms with van der Waals surface area (Å²) in [6.45, 7) is 2.73. The molecule has 0 radical (unpaired) electrons. The first-order chi connectivity index (χ1) is 10.0. The van der Waals surface area contributed by atoms with Crippen molar-refractivity contribution in [3.05, 3.63) is 34.1 Å². The van der Waals surface area contributed by atoms with Gasteiger partial charge in [0.1, 0.15) is 11.6 Å².